The second-order valence-electron chi connectivity index (χ2n) is 5.89. The van der Waals surface area contributed by atoms with Crippen molar-refractivity contribution in [2.75, 3.05) is 6.79 Å². The van der Waals surface area contributed by atoms with Crippen LogP contribution in [-0.2, 0) is 18.0 Å². The Morgan fingerprint density at radius 3 is 2.64 bits per heavy atom. The summed E-state index contributed by atoms with van der Waals surface area (Å²) >= 11 is 11.8. The second kappa shape index (κ2) is 8.04. The highest BCUT2D eigenvalue weighted by atomic mass is 35.5. The first kappa shape index (κ1) is 18.5. The number of fused-ring (bicyclic) bond motifs is 1. The summed E-state index contributed by atoms with van der Waals surface area (Å²) in [6, 6.07) is 13.5. The van der Waals surface area contributed by atoms with E-state index < -0.39 is 5.97 Å². The quantitative estimate of drug-likeness (QED) is 0.507. The Morgan fingerprint density at radius 2 is 1.79 bits per heavy atom. The third-order valence-corrected chi connectivity index (χ3v) is 4.68. The van der Waals surface area contributed by atoms with Crippen molar-refractivity contribution in [2.24, 2.45) is 0 Å². The standard InChI is InChI=1S/C20H14Cl2O6/c21-15-4-1-12(7-16(15)22)9-25-20(23)18-6-3-14(28-18)10-24-13-2-5-17-19(8-13)27-11-26-17/h1-8H,9-11H2. The van der Waals surface area contributed by atoms with Crippen molar-refractivity contribution < 1.29 is 28.2 Å². The molecule has 2 aromatic carbocycles. The maximum Gasteiger partial charge on any atom is 0.374 e. The molecule has 28 heavy (non-hydrogen) atoms. The smallest absolute Gasteiger partial charge is 0.374 e. The molecule has 1 aromatic heterocycles. The van der Waals surface area contributed by atoms with E-state index >= 15 is 0 Å². The van der Waals surface area contributed by atoms with Crippen molar-refractivity contribution in [3.8, 4) is 17.2 Å². The Balaban J connectivity index is 1.32. The van der Waals surface area contributed by atoms with Crippen LogP contribution in [0.1, 0.15) is 21.9 Å². The molecule has 0 amide bonds. The third-order valence-electron chi connectivity index (χ3n) is 3.94. The number of ether oxygens (including phenoxy) is 4. The molecule has 0 fully saturated rings. The molecule has 6 nitrogen and oxygen atoms in total. The molecule has 1 aliphatic heterocycles. The lowest BCUT2D eigenvalue weighted by molar-refractivity contribution is 0.0432. The number of carbonyl (C=O) groups is 1. The number of carbonyl (C=O) groups excluding carboxylic acids is 1. The van der Waals surface area contributed by atoms with Crippen molar-refractivity contribution in [1.29, 1.82) is 0 Å². The van der Waals surface area contributed by atoms with Crippen LogP contribution in [-0.4, -0.2) is 12.8 Å². The molecule has 0 radical (unpaired) electrons. The largest absolute Gasteiger partial charge is 0.486 e. The van der Waals surface area contributed by atoms with Gasteiger partial charge in [0.15, 0.2) is 11.5 Å². The van der Waals surface area contributed by atoms with Gasteiger partial charge in [0.25, 0.3) is 0 Å². The minimum atomic E-state index is -0.583. The zero-order valence-corrected chi connectivity index (χ0v) is 16.0. The first-order valence-corrected chi connectivity index (χ1v) is 9.06. The van der Waals surface area contributed by atoms with Crippen LogP contribution in [0.4, 0.5) is 0 Å². The minimum Gasteiger partial charge on any atom is -0.486 e. The molecule has 144 valence electrons. The lowest BCUT2D eigenvalue weighted by Crippen LogP contribution is -2.04. The number of benzene rings is 2. The first-order chi connectivity index (χ1) is 13.6. The monoisotopic (exact) mass is 420 g/mol. The number of rotatable bonds is 6. The summed E-state index contributed by atoms with van der Waals surface area (Å²) in [5, 5.41) is 0.839. The second-order valence-corrected chi connectivity index (χ2v) is 6.71. The first-order valence-electron chi connectivity index (χ1n) is 8.31. The van der Waals surface area contributed by atoms with Gasteiger partial charge >= 0.3 is 5.97 Å². The molecule has 0 N–H and O–H groups in total. The molecule has 0 saturated carbocycles. The highest BCUT2D eigenvalue weighted by Gasteiger charge is 2.16. The molecule has 1 aliphatic rings. The Morgan fingerprint density at radius 1 is 0.929 bits per heavy atom. The molecule has 8 heteroatoms. The molecular weight excluding hydrogens is 407 g/mol. The van der Waals surface area contributed by atoms with E-state index in [1.54, 1.807) is 42.5 Å². The number of esters is 1. The molecule has 3 aromatic rings. The van der Waals surface area contributed by atoms with Crippen LogP contribution in [0, 0.1) is 0 Å². The lowest BCUT2D eigenvalue weighted by Gasteiger charge is -2.06. The SMILES string of the molecule is O=C(OCc1ccc(Cl)c(Cl)c1)c1ccc(COc2ccc3c(c2)OCO3)o1. The highest BCUT2D eigenvalue weighted by molar-refractivity contribution is 6.42. The summed E-state index contributed by atoms with van der Waals surface area (Å²) in [7, 11) is 0. The fourth-order valence-corrected chi connectivity index (χ4v) is 2.86. The van der Waals surface area contributed by atoms with E-state index in [1.807, 2.05) is 0 Å². The molecule has 2 heterocycles. The van der Waals surface area contributed by atoms with Crippen molar-refractivity contribution >= 4 is 29.2 Å². The zero-order chi connectivity index (χ0) is 19.5. The summed E-state index contributed by atoms with van der Waals surface area (Å²) in [5.74, 6) is 1.90. The summed E-state index contributed by atoms with van der Waals surface area (Å²) in [6.07, 6.45) is 0. The Labute approximate surface area is 170 Å². The maximum atomic E-state index is 12.1. The van der Waals surface area contributed by atoms with Gasteiger partial charge in [-0.1, -0.05) is 29.3 Å². The van der Waals surface area contributed by atoms with Crippen LogP contribution < -0.4 is 14.2 Å². The van der Waals surface area contributed by atoms with Crippen molar-refractivity contribution in [2.45, 2.75) is 13.2 Å². The van der Waals surface area contributed by atoms with Gasteiger partial charge in [0.2, 0.25) is 12.6 Å². The van der Waals surface area contributed by atoms with E-state index in [-0.39, 0.29) is 25.8 Å². The minimum absolute atomic E-state index is 0.0550. The number of halogens is 2. The van der Waals surface area contributed by atoms with Gasteiger partial charge in [0.05, 0.1) is 10.0 Å². The number of furan rings is 1. The van der Waals surface area contributed by atoms with Crippen LogP contribution in [0.15, 0.2) is 52.9 Å². The predicted molar refractivity (Wildman–Crippen MR) is 101 cm³/mol. The van der Waals surface area contributed by atoms with E-state index in [0.717, 1.165) is 5.56 Å². The van der Waals surface area contributed by atoms with Crippen molar-refractivity contribution in [3.05, 3.63) is 75.7 Å². The van der Waals surface area contributed by atoms with Crippen LogP contribution in [0.2, 0.25) is 10.0 Å². The van der Waals surface area contributed by atoms with Crippen LogP contribution in [0.3, 0.4) is 0 Å². The molecule has 0 saturated heterocycles. The van der Waals surface area contributed by atoms with Crippen molar-refractivity contribution in [3.63, 3.8) is 0 Å². The fraction of sp³-hybridized carbons (Fsp3) is 0.150. The number of hydrogen-bond acceptors (Lipinski definition) is 6. The van der Waals surface area contributed by atoms with Gasteiger partial charge in [-0.25, -0.2) is 4.79 Å². The van der Waals surface area contributed by atoms with Crippen LogP contribution >= 0.6 is 23.2 Å². The normalized spacial score (nSPS) is 12.1. The van der Waals surface area contributed by atoms with E-state index in [2.05, 4.69) is 0 Å². The van der Waals surface area contributed by atoms with Gasteiger partial charge in [-0.2, -0.15) is 0 Å². The molecule has 0 bridgehead atoms. The Hall–Kier alpha value is -2.83. The van der Waals surface area contributed by atoms with E-state index in [9.17, 15) is 4.79 Å². The third kappa shape index (κ3) is 4.18. The Kier molecular flexibility index (Phi) is 5.32. The van der Waals surface area contributed by atoms with E-state index in [4.69, 9.17) is 46.6 Å². The molecule has 0 unspecified atom stereocenters. The molecule has 4 rings (SSSR count). The summed E-state index contributed by atoms with van der Waals surface area (Å²) in [6.45, 7) is 0.407. The van der Waals surface area contributed by atoms with Gasteiger partial charge in [-0.05, 0) is 42.0 Å². The summed E-state index contributed by atoms with van der Waals surface area (Å²) in [4.78, 5) is 12.1. The van der Waals surface area contributed by atoms with E-state index in [1.165, 1.54) is 6.07 Å². The number of hydrogen-bond donors (Lipinski definition) is 0. The fourth-order valence-electron chi connectivity index (χ4n) is 2.54. The molecule has 0 spiro atoms. The average molecular weight is 421 g/mol. The van der Waals surface area contributed by atoms with Gasteiger partial charge in [0, 0.05) is 6.07 Å². The Bertz CT molecular complexity index is 1010. The summed E-state index contributed by atoms with van der Waals surface area (Å²) in [5.41, 5.74) is 0.723. The van der Waals surface area contributed by atoms with Gasteiger partial charge < -0.3 is 23.4 Å². The van der Waals surface area contributed by atoms with Crippen LogP contribution in [0.5, 0.6) is 17.2 Å². The molecule has 0 aliphatic carbocycles. The topological polar surface area (TPSA) is 67.1 Å². The molecular formula is C20H14Cl2O6. The predicted octanol–water partition coefficient (Wildman–Crippen LogP) is 5.25. The van der Waals surface area contributed by atoms with Crippen molar-refractivity contribution in [1.82, 2.24) is 0 Å². The van der Waals surface area contributed by atoms with E-state index in [0.29, 0.717) is 33.1 Å². The van der Waals surface area contributed by atoms with Gasteiger partial charge in [-0.15, -0.1) is 0 Å². The zero-order valence-electron chi connectivity index (χ0n) is 14.4. The molecule has 0 atom stereocenters. The maximum absolute atomic E-state index is 12.1. The lowest BCUT2D eigenvalue weighted by atomic mass is 10.2. The van der Waals surface area contributed by atoms with Gasteiger partial charge in [0.1, 0.15) is 24.7 Å². The van der Waals surface area contributed by atoms with Crippen LogP contribution in [0.25, 0.3) is 0 Å². The highest BCUT2D eigenvalue weighted by Crippen LogP contribution is 2.35. The van der Waals surface area contributed by atoms with Gasteiger partial charge in [-0.3, -0.25) is 0 Å². The average Bonchev–Trinajstić information content (AvgIpc) is 3.36. The summed E-state index contributed by atoms with van der Waals surface area (Å²) < 4.78 is 26.9.